The maximum atomic E-state index is 12.2. The summed E-state index contributed by atoms with van der Waals surface area (Å²) in [7, 11) is 0. The number of primary amides is 1. The van der Waals surface area contributed by atoms with Gasteiger partial charge in [0.05, 0.1) is 13.2 Å². The number of morpholine rings is 1. The number of hydrogen-bond donors (Lipinski definition) is 2. The molecular weight excluding hydrogens is 246 g/mol. The standard InChI is InChI=1S/C13H23N3O3/c14-13(18)11-9-19-8-7-16(11)12(17)5-4-10-3-1-2-6-15-10/h10-11,15H,1-9H2,(H2,14,18). The molecule has 0 aromatic heterocycles. The molecule has 0 aliphatic carbocycles. The van der Waals surface area contributed by atoms with Gasteiger partial charge in [0.2, 0.25) is 11.8 Å². The van der Waals surface area contributed by atoms with Crippen LogP contribution in [-0.4, -0.2) is 55.1 Å². The molecule has 2 atom stereocenters. The van der Waals surface area contributed by atoms with Crippen LogP contribution in [-0.2, 0) is 14.3 Å². The molecule has 3 N–H and O–H groups in total. The topological polar surface area (TPSA) is 84.7 Å². The van der Waals surface area contributed by atoms with Crippen molar-refractivity contribution >= 4 is 11.8 Å². The molecule has 6 nitrogen and oxygen atoms in total. The minimum Gasteiger partial charge on any atom is -0.377 e. The predicted molar refractivity (Wildman–Crippen MR) is 70.4 cm³/mol. The van der Waals surface area contributed by atoms with Crippen molar-refractivity contribution in [3.8, 4) is 0 Å². The first-order valence-corrected chi connectivity index (χ1v) is 7.08. The summed E-state index contributed by atoms with van der Waals surface area (Å²) in [4.78, 5) is 25.1. The normalized spacial score (nSPS) is 28.1. The molecule has 2 rings (SSSR count). The van der Waals surface area contributed by atoms with Gasteiger partial charge in [0, 0.05) is 19.0 Å². The molecule has 0 radical (unpaired) electrons. The van der Waals surface area contributed by atoms with Crippen LogP contribution in [0.4, 0.5) is 0 Å². The van der Waals surface area contributed by atoms with Gasteiger partial charge < -0.3 is 20.7 Å². The average molecular weight is 269 g/mol. The molecule has 2 fully saturated rings. The Balaban J connectivity index is 1.81. The lowest BCUT2D eigenvalue weighted by Gasteiger charge is -2.34. The number of amides is 2. The Morgan fingerprint density at radius 2 is 2.21 bits per heavy atom. The average Bonchev–Trinajstić information content (AvgIpc) is 2.46. The molecule has 2 unspecified atom stereocenters. The van der Waals surface area contributed by atoms with E-state index < -0.39 is 11.9 Å². The van der Waals surface area contributed by atoms with Gasteiger partial charge in [-0.15, -0.1) is 0 Å². The molecule has 2 saturated heterocycles. The first kappa shape index (κ1) is 14.3. The molecular formula is C13H23N3O3. The van der Waals surface area contributed by atoms with Crippen LogP contribution in [0.2, 0.25) is 0 Å². The van der Waals surface area contributed by atoms with Crippen LogP contribution in [0.25, 0.3) is 0 Å². The second-order valence-corrected chi connectivity index (χ2v) is 5.27. The maximum absolute atomic E-state index is 12.2. The Morgan fingerprint density at radius 3 is 2.89 bits per heavy atom. The van der Waals surface area contributed by atoms with E-state index in [-0.39, 0.29) is 12.5 Å². The van der Waals surface area contributed by atoms with Gasteiger partial charge in [-0.1, -0.05) is 6.42 Å². The van der Waals surface area contributed by atoms with Gasteiger partial charge in [-0.2, -0.15) is 0 Å². The summed E-state index contributed by atoms with van der Waals surface area (Å²) in [6, 6.07) is -0.161. The van der Waals surface area contributed by atoms with Crippen molar-refractivity contribution in [2.24, 2.45) is 5.73 Å². The highest BCUT2D eigenvalue weighted by Crippen LogP contribution is 2.15. The Morgan fingerprint density at radius 1 is 1.37 bits per heavy atom. The van der Waals surface area contributed by atoms with Crippen LogP contribution in [0.3, 0.4) is 0 Å². The van der Waals surface area contributed by atoms with E-state index in [2.05, 4.69) is 5.32 Å². The van der Waals surface area contributed by atoms with E-state index in [9.17, 15) is 9.59 Å². The quantitative estimate of drug-likeness (QED) is 0.728. The van der Waals surface area contributed by atoms with Crippen molar-refractivity contribution < 1.29 is 14.3 Å². The fourth-order valence-electron chi connectivity index (χ4n) is 2.75. The summed E-state index contributed by atoms with van der Waals surface area (Å²) in [5.41, 5.74) is 5.31. The van der Waals surface area contributed by atoms with Gasteiger partial charge in [-0.3, -0.25) is 9.59 Å². The maximum Gasteiger partial charge on any atom is 0.242 e. The molecule has 0 spiro atoms. The van der Waals surface area contributed by atoms with Gasteiger partial charge in [-0.05, 0) is 25.8 Å². The number of ether oxygens (including phenoxy) is 1. The zero-order valence-corrected chi connectivity index (χ0v) is 11.3. The van der Waals surface area contributed by atoms with Crippen LogP contribution in [0, 0.1) is 0 Å². The summed E-state index contributed by atoms with van der Waals surface area (Å²) in [6.07, 6.45) is 4.89. The summed E-state index contributed by atoms with van der Waals surface area (Å²) in [6.45, 7) is 2.21. The van der Waals surface area contributed by atoms with Gasteiger partial charge in [0.1, 0.15) is 6.04 Å². The van der Waals surface area contributed by atoms with Crippen LogP contribution in [0.15, 0.2) is 0 Å². The SMILES string of the molecule is NC(=O)C1COCCN1C(=O)CCC1CCCCN1. The third-order valence-electron chi connectivity index (χ3n) is 3.90. The fourth-order valence-corrected chi connectivity index (χ4v) is 2.75. The lowest BCUT2D eigenvalue weighted by molar-refractivity contribution is -0.147. The molecule has 2 heterocycles. The Labute approximate surface area is 113 Å². The molecule has 2 aliphatic rings. The van der Waals surface area contributed by atoms with E-state index in [0.717, 1.165) is 19.4 Å². The van der Waals surface area contributed by atoms with Gasteiger partial charge >= 0.3 is 0 Å². The molecule has 0 bridgehead atoms. The molecule has 19 heavy (non-hydrogen) atoms. The summed E-state index contributed by atoms with van der Waals surface area (Å²) in [5, 5.41) is 3.42. The monoisotopic (exact) mass is 269 g/mol. The largest absolute Gasteiger partial charge is 0.377 e. The van der Waals surface area contributed by atoms with Crippen LogP contribution < -0.4 is 11.1 Å². The Bertz CT molecular complexity index is 329. The third kappa shape index (κ3) is 3.91. The number of rotatable bonds is 4. The van der Waals surface area contributed by atoms with E-state index in [1.165, 1.54) is 12.8 Å². The zero-order valence-electron chi connectivity index (χ0n) is 11.3. The summed E-state index contributed by atoms with van der Waals surface area (Å²) >= 11 is 0. The number of carbonyl (C=O) groups is 2. The molecule has 0 aromatic rings. The number of piperidine rings is 1. The molecule has 0 aromatic carbocycles. The van der Waals surface area contributed by atoms with Crippen LogP contribution >= 0.6 is 0 Å². The first-order valence-electron chi connectivity index (χ1n) is 7.08. The van der Waals surface area contributed by atoms with Crippen LogP contribution in [0.5, 0.6) is 0 Å². The lowest BCUT2D eigenvalue weighted by Crippen LogP contribution is -2.54. The second-order valence-electron chi connectivity index (χ2n) is 5.27. The minimum atomic E-state index is -0.597. The Hall–Kier alpha value is -1.14. The third-order valence-corrected chi connectivity index (χ3v) is 3.90. The first-order chi connectivity index (χ1) is 9.18. The van der Waals surface area contributed by atoms with E-state index in [4.69, 9.17) is 10.5 Å². The van der Waals surface area contributed by atoms with Crippen molar-refractivity contribution in [1.82, 2.24) is 10.2 Å². The highest BCUT2D eigenvalue weighted by molar-refractivity contribution is 5.87. The smallest absolute Gasteiger partial charge is 0.242 e. The van der Waals surface area contributed by atoms with Gasteiger partial charge in [-0.25, -0.2) is 0 Å². The van der Waals surface area contributed by atoms with E-state index in [1.807, 2.05) is 0 Å². The van der Waals surface area contributed by atoms with Gasteiger partial charge in [0.25, 0.3) is 0 Å². The van der Waals surface area contributed by atoms with E-state index >= 15 is 0 Å². The van der Waals surface area contributed by atoms with Crippen LogP contribution in [0.1, 0.15) is 32.1 Å². The molecule has 2 amide bonds. The second kappa shape index (κ2) is 6.86. The highest BCUT2D eigenvalue weighted by atomic mass is 16.5. The fraction of sp³-hybridized carbons (Fsp3) is 0.846. The summed E-state index contributed by atoms with van der Waals surface area (Å²) in [5.74, 6) is -0.469. The predicted octanol–water partition coefficient (Wildman–Crippen LogP) is -0.379. The number of hydrogen-bond acceptors (Lipinski definition) is 4. The van der Waals surface area contributed by atoms with Crippen molar-refractivity contribution in [3.05, 3.63) is 0 Å². The van der Waals surface area contributed by atoms with Crippen molar-refractivity contribution in [1.29, 1.82) is 0 Å². The molecule has 108 valence electrons. The number of carbonyl (C=O) groups excluding carboxylic acids is 2. The summed E-state index contributed by atoms with van der Waals surface area (Å²) < 4.78 is 5.21. The molecule has 2 aliphatic heterocycles. The number of nitrogens with two attached hydrogens (primary N) is 1. The zero-order chi connectivity index (χ0) is 13.7. The number of nitrogens with zero attached hydrogens (tertiary/aromatic N) is 1. The van der Waals surface area contributed by atoms with E-state index in [0.29, 0.717) is 25.6 Å². The molecule has 0 saturated carbocycles. The van der Waals surface area contributed by atoms with Crippen molar-refractivity contribution in [3.63, 3.8) is 0 Å². The minimum absolute atomic E-state index is 0.0134. The molecule has 6 heteroatoms. The van der Waals surface area contributed by atoms with Crippen molar-refractivity contribution in [2.75, 3.05) is 26.3 Å². The van der Waals surface area contributed by atoms with Gasteiger partial charge in [0.15, 0.2) is 0 Å². The van der Waals surface area contributed by atoms with Crippen molar-refractivity contribution in [2.45, 2.75) is 44.2 Å². The lowest BCUT2D eigenvalue weighted by atomic mass is 10.00. The highest BCUT2D eigenvalue weighted by Gasteiger charge is 2.31. The Kier molecular flexibility index (Phi) is 5.15. The van der Waals surface area contributed by atoms with E-state index in [1.54, 1.807) is 4.90 Å². The number of nitrogens with one attached hydrogen (secondary N) is 1.